The molecule has 1 aromatic heterocycles. The molecule has 3 aliphatic heterocycles. The molecule has 2 bridgehead atoms. The first-order valence-corrected chi connectivity index (χ1v) is 11.6. The van der Waals surface area contributed by atoms with Gasteiger partial charge in [-0.1, -0.05) is 12.1 Å². The minimum Gasteiger partial charge on any atom is -0.493 e. The molecule has 4 heterocycles. The van der Waals surface area contributed by atoms with E-state index in [0.29, 0.717) is 17.7 Å². The van der Waals surface area contributed by atoms with Crippen molar-refractivity contribution >= 4 is 22.5 Å². The highest BCUT2D eigenvalue weighted by molar-refractivity contribution is 6.25. The molecule has 5 aliphatic rings. The zero-order valence-electron chi connectivity index (χ0n) is 18.4. The van der Waals surface area contributed by atoms with E-state index in [1.54, 1.807) is 12.0 Å². The van der Waals surface area contributed by atoms with Gasteiger partial charge < -0.3 is 24.8 Å². The number of fused-ring (bicyclic) bond motifs is 3. The number of methoxy groups -OCH3 is 1. The second-order valence-corrected chi connectivity index (χ2v) is 10.1. The summed E-state index contributed by atoms with van der Waals surface area (Å²) in [5.41, 5.74) is 4.76. The van der Waals surface area contributed by atoms with Crippen molar-refractivity contribution in [3.63, 3.8) is 0 Å². The quantitative estimate of drug-likeness (QED) is 0.604. The van der Waals surface area contributed by atoms with E-state index in [1.807, 2.05) is 31.3 Å². The number of nitrogens with one attached hydrogen (secondary N) is 1. The second kappa shape index (κ2) is 5.48. The first-order chi connectivity index (χ1) is 16.0. The first-order valence-electron chi connectivity index (χ1n) is 11.6. The number of ether oxygens (including phenoxy) is 2. The van der Waals surface area contributed by atoms with E-state index < -0.39 is 17.1 Å². The van der Waals surface area contributed by atoms with Crippen LogP contribution < -0.4 is 19.7 Å². The van der Waals surface area contributed by atoms with Crippen LogP contribution >= 0.6 is 0 Å². The number of nitrogens with zero attached hydrogens (tertiary/aromatic N) is 2. The molecule has 2 aliphatic carbocycles. The van der Waals surface area contributed by atoms with Gasteiger partial charge in [-0.25, -0.2) is 4.98 Å². The van der Waals surface area contributed by atoms with Gasteiger partial charge in [-0.15, -0.1) is 0 Å². The van der Waals surface area contributed by atoms with Gasteiger partial charge in [0.2, 0.25) is 0 Å². The molecule has 7 nitrogen and oxygen atoms in total. The molecule has 7 heteroatoms. The van der Waals surface area contributed by atoms with Crippen LogP contribution in [0.15, 0.2) is 30.3 Å². The van der Waals surface area contributed by atoms with Crippen molar-refractivity contribution in [2.75, 3.05) is 25.6 Å². The standard InChI is InChI=1S/C26H23N3O4/c1-29-21-14-11-26(31)17-10-12-6-7-16(32-2)22-19(12)25(26,8-9-27-17)23(33-22)20(14)28-15-5-3-4-13(18(15)21)24(29)30/h3-7,17,23,27,31H,8-11H2,1-2H3/t17-,23?,25+,26?/m1/s1. The molecule has 1 fully saturated rings. The van der Waals surface area contributed by atoms with Gasteiger partial charge in [0.15, 0.2) is 17.6 Å². The molecule has 33 heavy (non-hydrogen) atoms. The van der Waals surface area contributed by atoms with Gasteiger partial charge in [0.05, 0.1) is 40.6 Å². The number of carbonyl (C=O) groups is 1. The average molecular weight is 441 g/mol. The summed E-state index contributed by atoms with van der Waals surface area (Å²) in [5.74, 6) is 1.40. The van der Waals surface area contributed by atoms with Crippen LogP contribution in [0.4, 0.5) is 5.69 Å². The van der Waals surface area contributed by atoms with E-state index >= 15 is 0 Å². The molecule has 4 atom stereocenters. The molecule has 0 saturated carbocycles. The monoisotopic (exact) mass is 441 g/mol. The van der Waals surface area contributed by atoms with Gasteiger partial charge in [-0.05, 0) is 43.1 Å². The Labute approximate surface area is 190 Å². The van der Waals surface area contributed by atoms with Crippen LogP contribution in [0, 0.1) is 0 Å². The number of hydrogen-bond donors (Lipinski definition) is 2. The van der Waals surface area contributed by atoms with Crippen molar-refractivity contribution in [2.24, 2.45) is 0 Å². The van der Waals surface area contributed by atoms with Gasteiger partial charge in [0.1, 0.15) is 0 Å². The molecule has 2 aromatic carbocycles. The third-order valence-corrected chi connectivity index (χ3v) is 8.92. The topological polar surface area (TPSA) is 83.9 Å². The molecule has 166 valence electrons. The minimum absolute atomic E-state index is 0.0281. The fourth-order valence-electron chi connectivity index (χ4n) is 7.60. The normalized spacial score (nSPS) is 32.0. The Balaban J connectivity index is 1.50. The Morgan fingerprint density at radius 1 is 1.30 bits per heavy atom. The van der Waals surface area contributed by atoms with Gasteiger partial charge in [0, 0.05) is 36.0 Å². The Bertz CT molecular complexity index is 1450. The lowest BCUT2D eigenvalue weighted by atomic mass is 9.49. The van der Waals surface area contributed by atoms with Gasteiger partial charge >= 0.3 is 0 Å². The summed E-state index contributed by atoms with van der Waals surface area (Å²) < 4.78 is 12.4. The number of rotatable bonds is 1. The smallest absolute Gasteiger partial charge is 0.258 e. The van der Waals surface area contributed by atoms with Crippen LogP contribution in [0.25, 0.3) is 10.9 Å². The fourth-order valence-corrected chi connectivity index (χ4v) is 7.60. The minimum atomic E-state index is -1.05. The van der Waals surface area contributed by atoms with E-state index in [4.69, 9.17) is 14.5 Å². The lowest BCUT2D eigenvalue weighted by Gasteiger charge is -2.60. The van der Waals surface area contributed by atoms with Crippen molar-refractivity contribution in [1.29, 1.82) is 0 Å². The highest BCUT2D eigenvalue weighted by atomic mass is 16.5. The molecule has 8 rings (SSSR count). The van der Waals surface area contributed by atoms with Crippen molar-refractivity contribution in [3.05, 3.63) is 58.3 Å². The van der Waals surface area contributed by atoms with E-state index in [2.05, 4.69) is 11.4 Å². The van der Waals surface area contributed by atoms with E-state index in [9.17, 15) is 9.90 Å². The lowest BCUT2D eigenvalue weighted by Crippen LogP contribution is -2.74. The van der Waals surface area contributed by atoms with Crippen LogP contribution in [-0.4, -0.2) is 48.3 Å². The summed E-state index contributed by atoms with van der Waals surface area (Å²) in [5, 5.41) is 17.0. The lowest BCUT2D eigenvalue weighted by molar-refractivity contribution is -0.134. The third-order valence-electron chi connectivity index (χ3n) is 8.92. The molecule has 1 amide bonds. The molecule has 1 spiro atoms. The SMILES string of the molecule is COc1ccc2c3c1OC1c4nc5cccc6c5c(c4CC4(O)[C@@H](C2)NCC[C@]314)N(C)C6=O. The number of hydrogen-bond acceptors (Lipinski definition) is 6. The largest absolute Gasteiger partial charge is 0.493 e. The summed E-state index contributed by atoms with van der Waals surface area (Å²) in [6.07, 6.45) is 1.47. The van der Waals surface area contributed by atoms with E-state index in [0.717, 1.165) is 58.5 Å². The predicted octanol–water partition coefficient (Wildman–Crippen LogP) is 2.41. The number of aromatic nitrogens is 1. The van der Waals surface area contributed by atoms with Crippen molar-refractivity contribution < 1.29 is 19.4 Å². The number of amides is 1. The van der Waals surface area contributed by atoms with Gasteiger partial charge in [-0.3, -0.25) is 4.79 Å². The molecule has 2 N–H and O–H groups in total. The second-order valence-electron chi connectivity index (χ2n) is 10.1. The number of pyridine rings is 1. The first kappa shape index (κ1) is 18.3. The Hall–Kier alpha value is -3.16. The number of aliphatic hydroxyl groups is 1. The van der Waals surface area contributed by atoms with Crippen molar-refractivity contribution in [1.82, 2.24) is 10.3 Å². The Morgan fingerprint density at radius 3 is 3.03 bits per heavy atom. The summed E-state index contributed by atoms with van der Waals surface area (Å²) in [7, 11) is 3.47. The van der Waals surface area contributed by atoms with Gasteiger partial charge in [0.25, 0.3) is 5.91 Å². The predicted molar refractivity (Wildman–Crippen MR) is 121 cm³/mol. The zero-order valence-corrected chi connectivity index (χ0v) is 18.4. The van der Waals surface area contributed by atoms with E-state index in [1.165, 1.54) is 5.56 Å². The molecule has 3 aromatic rings. The third kappa shape index (κ3) is 1.75. The van der Waals surface area contributed by atoms with Crippen LogP contribution in [0.1, 0.15) is 45.3 Å². The zero-order chi connectivity index (χ0) is 22.3. The van der Waals surface area contributed by atoms with Crippen LogP contribution in [0.3, 0.4) is 0 Å². The molecular weight excluding hydrogens is 418 g/mol. The van der Waals surface area contributed by atoms with Crippen LogP contribution in [0.2, 0.25) is 0 Å². The summed E-state index contributed by atoms with van der Waals surface area (Å²) >= 11 is 0. The number of carbonyl (C=O) groups excluding carboxylic acids is 1. The summed E-state index contributed by atoms with van der Waals surface area (Å²) in [6.45, 7) is 0.807. The Kier molecular flexibility index (Phi) is 3.04. The van der Waals surface area contributed by atoms with Gasteiger partial charge in [-0.2, -0.15) is 0 Å². The average Bonchev–Trinajstić information content (AvgIpc) is 3.28. The summed E-state index contributed by atoms with van der Waals surface area (Å²) in [4.78, 5) is 19.9. The fraction of sp³-hybridized carbons (Fsp3) is 0.385. The molecule has 0 radical (unpaired) electrons. The molecular formula is C26H23N3O4. The maximum atomic E-state index is 13.1. The number of benzene rings is 2. The van der Waals surface area contributed by atoms with Crippen molar-refractivity contribution in [2.45, 2.75) is 42.4 Å². The highest BCUT2D eigenvalue weighted by Crippen LogP contribution is 2.68. The number of piperidine rings is 1. The molecule has 2 unspecified atom stereocenters. The van der Waals surface area contributed by atoms with E-state index in [-0.39, 0.29) is 11.9 Å². The maximum Gasteiger partial charge on any atom is 0.258 e. The van der Waals surface area contributed by atoms with Crippen LogP contribution in [0.5, 0.6) is 11.5 Å². The van der Waals surface area contributed by atoms with Crippen LogP contribution in [-0.2, 0) is 18.3 Å². The highest BCUT2D eigenvalue weighted by Gasteiger charge is 2.72. The number of anilines is 1. The summed E-state index contributed by atoms with van der Waals surface area (Å²) in [6, 6.07) is 9.70. The maximum absolute atomic E-state index is 13.1. The van der Waals surface area contributed by atoms with Crippen molar-refractivity contribution in [3.8, 4) is 11.5 Å². The Morgan fingerprint density at radius 2 is 2.18 bits per heavy atom. The molecule has 1 saturated heterocycles.